The molecular weight excluding hydrogens is 352 g/mol. The summed E-state index contributed by atoms with van der Waals surface area (Å²) in [5.74, 6) is -1.25. The molecule has 0 aliphatic rings. The number of aromatic nitrogens is 2. The van der Waals surface area contributed by atoms with Crippen LogP contribution in [0.3, 0.4) is 0 Å². The van der Waals surface area contributed by atoms with E-state index in [0.29, 0.717) is 0 Å². The van der Waals surface area contributed by atoms with Gasteiger partial charge in [0.2, 0.25) is 0 Å². The van der Waals surface area contributed by atoms with Crippen LogP contribution in [-0.4, -0.2) is 18.4 Å². The molecule has 0 bridgehead atoms. The van der Waals surface area contributed by atoms with E-state index in [-0.39, 0.29) is 21.0 Å². The Morgan fingerprint density at radius 1 is 1.15 bits per heavy atom. The first-order valence-corrected chi connectivity index (χ1v) is 7.57. The number of halogens is 4. The summed E-state index contributed by atoms with van der Waals surface area (Å²) in [4.78, 5) is 6.61. The fraction of sp³-hybridized carbons (Fsp3) is 0. The normalized spacial score (nSPS) is 11.4. The van der Waals surface area contributed by atoms with Gasteiger partial charge >= 0.3 is 0 Å². The molecule has 1 heterocycles. The molecule has 0 spiro atoms. The van der Waals surface area contributed by atoms with Crippen LogP contribution >= 0.6 is 34.8 Å². The minimum Gasteiger partial charge on any atom is -0.262 e. The zero-order valence-corrected chi connectivity index (χ0v) is 12.5. The van der Waals surface area contributed by atoms with E-state index in [1.807, 2.05) is 4.72 Å². The lowest BCUT2D eigenvalue weighted by Gasteiger charge is -2.09. The quantitative estimate of drug-likeness (QED) is 0.856. The predicted octanol–water partition coefficient (Wildman–Crippen LogP) is 3.38. The second-order valence-corrected chi connectivity index (χ2v) is 6.33. The van der Waals surface area contributed by atoms with Gasteiger partial charge in [0.25, 0.3) is 10.0 Å². The van der Waals surface area contributed by atoms with Crippen molar-refractivity contribution in [1.82, 2.24) is 9.97 Å². The molecule has 2 rings (SSSR count). The van der Waals surface area contributed by atoms with Crippen molar-refractivity contribution in [3.8, 4) is 0 Å². The summed E-state index contributed by atoms with van der Waals surface area (Å²) in [7, 11) is -4.22. The summed E-state index contributed by atoms with van der Waals surface area (Å²) in [6.07, 6.45) is 1.02. The van der Waals surface area contributed by atoms with Crippen molar-refractivity contribution in [1.29, 1.82) is 0 Å². The molecule has 0 aliphatic carbocycles. The first-order valence-electron chi connectivity index (χ1n) is 4.95. The van der Waals surface area contributed by atoms with Gasteiger partial charge in [-0.15, -0.1) is 0 Å². The SMILES string of the molecule is O=S(=O)(Nc1ncnc(Cl)c1Cl)c1ccc(Cl)cc1F. The molecule has 5 nitrogen and oxygen atoms in total. The van der Waals surface area contributed by atoms with E-state index < -0.39 is 20.7 Å². The fourth-order valence-corrected chi connectivity index (χ4v) is 2.87. The van der Waals surface area contributed by atoms with Crippen molar-refractivity contribution in [2.75, 3.05) is 4.72 Å². The van der Waals surface area contributed by atoms with E-state index in [0.717, 1.165) is 18.5 Å². The number of benzene rings is 1. The highest BCUT2D eigenvalue weighted by atomic mass is 35.5. The number of hydrogen-bond acceptors (Lipinski definition) is 4. The second kappa shape index (κ2) is 5.69. The number of sulfonamides is 1. The van der Waals surface area contributed by atoms with Gasteiger partial charge in [-0.05, 0) is 18.2 Å². The number of anilines is 1. The van der Waals surface area contributed by atoms with Crippen molar-refractivity contribution in [3.05, 3.63) is 45.5 Å². The van der Waals surface area contributed by atoms with Crippen molar-refractivity contribution in [3.63, 3.8) is 0 Å². The first-order chi connectivity index (χ1) is 9.31. The van der Waals surface area contributed by atoms with Crippen LogP contribution in [0.25, 0.3) is 0 Å². The standard InChI is InChI=1S/C10H5Cl3FN3O2S/c11-5-1-2-7(6(14)3-5)20(18,19)17-10-8(12)9(13)15-4-16-10/h1-4H,(H,15,16,17). The van der Waals surface area contributed by atoms with E-state index in [2.05, 4.69) is 9.97 Å². The maximum absolute atomic E-state index is 13.6. The molecule has 10 heteroatoms. The van der Waals surface area contributed by atoms with E-state index in [4.69, 9.17) is 34.8 Å². The molecule has 0 fully saturated rings. The molecule has 2 aromatic rings. The molecule has 106 valence electrons. The van der Waals surface area contributed by atoms with Gasteiger partial charge < -0.3 is 0 Å². The van der Waals surface area contributed by atoms with Crippen LogP contribution in [0, 0.1) is 5.82 Å². The van der Waals surface area contributed by atoms with Crippen LogP contribution in [0.4, 0.5) is 10.2 Å². The van der Waals surface area contributed by atoms with Gasteiger partial charge in [-0.1, -0.05) is 34.8 Å². The predicted molar refractivity (Wildman–Crippen MR) is 74.3 cm³/mol. The van der Waals surface area contributed by atoms with Crippen molar-refractivity contribution in [2.24, 2.45) is 0 Å². The molecule has 0 radical (unpaired) electrons. The third-order valence-electron chi connectivity index (χ3n) is 2.16. The number of nitrogens with zero attached hydrogens (tertiary/aromatic N) is 2. The Labute approximate surface area is 128 Å². The number of nitrogens with one attached hydrogen (secondary N) is 1. The summed E-state index contributed by atoms with van der Waals surface area (Å²) < 4.78 is 39.7. The monoisotopic (exact) mass is 355 g/mol. The molecule has 0 saturated carbocycles. The van der Waals surface area contributed by atoms with Crippen LogP contribution in [0.2, 0.25) is 15.2 Å². The van der Waals surface area contributed by atoms with Gasteiger partial charge in [-0.3, -0.25) is 4.72 Å². The maximum Gasteiger partial charge on any atom is 0.266 e. The largest absolute Gasteiger partial charge is 0.266 e. The Bertz CT molecular complexity index is 770. The minimum absolute atomic E-state index is 0.0737. The topological polar surface area (TPSA) is 72.0 Å². The van der Waals surface area contributed by atoms with Gasteiger partial charge in [0.05, 0.1) is 0 Å². The highest BCUT2D eigenvalue weighted by Crippen LogP contribution is 2.28. The maximum atomic E-state index is 13.6. The Balaban J connectivity index is 2.44. The Hall–Kier alpha value is -1.15. The summed E-state index contributed by atoms with van der Waals surface area (Å²) in [5.41, 5.74) is 0. The summed E-state index contributed by atoms with van der Waals surface area (Å²) in [6, 6.07) is 3.15. The van der Waals surface area contributed by atoms with E-state index in [9.17, 15) is 12.8 Å². The zero-order chi connectivity index (χ0) is 14.9. The smallest absolute Gasteiger partial charge is 0.262 e. The molecule has 1 N–H and O–H groups in total. The van der Waals surface area contributed by atoms with Crippen molar-refractivity contribution < 1.29 is 12.8 Å². The van der Waals surface area contributed by atoms with Gasteiger partial charge in [-0.2, -0.15) is 0 Å². The molecule has 0 aliphatic heterocycles. The van der Waals surface area contributed by atoms with Crippen molar-refractivity contribution >= 4 is 50.6 Å². The molecule has 0 atom stereocenters. The van der Waals surface area contributed by atoms with Crippen LogP contribution in [0.1, 0.15) is 0 Å². The lowest BCUT2D eigenvalue weighted by molar-refractivity contribution is 0.570. The minimum atomic E-state index is -4.22. The van der Waals surface area contributed by atoms with Crippen LogP contribution in [-0.2, 0) is 10.0 Å². The molecule has 1 aromatic heterocycles. The van der Waals surface area contributed by atoms with E-state index in [1.165, 1.54) is 6.07 Å². The lowest BCUT2D eigenvalue weighted by atomic mass is 10.3. The molecular formula is C10H5Cl3FN3O2S. The average molecular weight is 357 g/mol. The van der Waals surface area contributed by atoms with Gasteiger partial charge in [0.1, 0.15) is 22.1 Å². The molecule has 1 aromatic carbocycles. The first kappa shape index (κ1) is 15.2. The Morgan fingerprint density at radius 3 is 2.50 bits per heavy atom. The fourth-order valence-electron chi connectivity index (χ4n) is 1.29. The molecule has 20 heavy (non-hydrogen) atoms. The van der Waals surface area contributed by atoms with Crippen molar-refractivity contribution in [2.45, 2.75) is 4.90 Å². The van der Waals surface area contributed by atoms with E-state index in [1.54, 1.807) is 0 Å². The van der Waals surface area contributed by atoms with Crippen LogP contribution in [0.5, 0.6) is 0 Å². The third-order valence-corrected chi connectivity index (χ3v) is 4.51. The lowest BCUT2D eigenvalue weighted by Crippen LogP contribution is -2.16. The highest BCUT2D eigenvalue weighted by molar-refractivity contribution is 7.92. The number of hydrogen-bond donors (Lipinski definition) is 1. The van der Waals surface area contributed by atoms with Gasteiger partial charge in [-0.25, -0.2) is 22.8 Å². The molecule has 0 saturated heterocycles. The number of rotatable bonds is 3. The van der Waals surface area contributed by atoms with Crippen LogP contribution in [0.15, 0.2) is 29.4 Å². The van der Waals surface area contributed by atoms with Gasteiger partial charge in [0, 0.05) is 5.02 Å². The van der Waals surface area contributed by atoms with E-state index >= 15 is 0 Å². The molecule has 0 amide bonds. The Kier molecular flexibility index (Phi) is 4.33. The highest BCUT2D eigenvalue weighted by Gasteiger charge is 2.21. The summed E-state index contributed by atoms with van der Waals surface area (Å²) >= 11 is 16.9. The summed E-state index contributed by atoms with van der Waals surface area (Å²) in [6.45, 7) is 0. The summed E-state index contributed by atoms with van der Waals surface area (Å²) in [5, 5.41) is -0.243. The second-order valence-electron chi connectivity index (χ2n) is 3.51. The average Bonchev–Trinajstić information content (AvgIpc) is 2.34. The third kappa shape index (κ3) is 3.12. The van der Waals surface area contributed by atoms with Crippen LogP contribution < -0.4 is 4.72 Å². The molecule has 0 unspecified atom stereocenters. The Morgan fingerprint density at radius 2 is 1.85 bits per heavy atom. The zero-order valence-electron chi connectivity index (χ0n) is 9.44. The van der Waals surface area contributed by atoms with Gasteiger partial charge in [0.15, 0.2) is 11.0 Å².